The monoisotopic (exact) mass is 581 g/mol. The van der Waals surface area contributed by atoms with Gasteiger partial charge in [-0.2, -0.15) is 0 Å². The highest BCUT2D eigenvalue weighted by molar-refractivity contribution is 5.99. The van der Waals surface area contributed by atoms with Gasteiger partial charge in [0.15, 0.2) is 5.84 Å². The van der Waals surface area contributed by atoms with Crippen LogP contribution in [0.5, 0.6) is 0 Å². The van der Waals surface area contributed by atoms with Crippen molar-refractivity contribution in [1.82, 2.24) is 5.32 Å². The van der Waals surface area contributed by atoms with E-state index in [0.717, 1.165) is 44.2 Å². The minimum absolute atomic E-state index is 0.0673. The second-order valence-electron chi connectivity index (χ2n) is 13.1. The molecule has 0 saturated heterocycles. The van der Waals surface area contributed by atoms with Crippen molar-refractivity contribution in [2.24, 2.45) is 22.5 Å². The zero-order chi connectivity index (χ0) is 29.9. The molecule has 0 bridgehead atoms. The Kier molecular flexibility index (Phi) is 8.89. The Morgan fingerprint density at radius 2 is 1.63 bits per heavy atom. The predicted molar refractivity (Wildman–Crippen MR) is 175 cm³/mol. The molecule has 6 rings (SSSR count). The van der Waals surface area contributed by atoms with E-state index in [0.29, 0.717) is 11.5 Å². The average molecular weight is 582 g/mol. The van der Waals surface area contributed by atoms with Crippen LogP contribution in [0.4, 0.5) is 5.69 Å². The first-order valence-electron chi connectivity index (χ1n) is 16.4. The molecule has 3 aromatic rings. The third-order valence-corrected chi connectivity index (χ3v) is 10.4. The summed E-state index contributed by atoms with van der Waals surface area (Å²) in [6.45, 7) is 2.22. The van der Waals surface area contributed by atoms with E-state index in [2.05, 4.69) is 70.8 Å². The van der Waals surface area contributed by atoms with Crippen LogP contribution in [0.2, 0.25) is 0 Å². The van der Waals surface area contributed by atoms with E-state index in [9.17, 15) is 10.0 Å². The number of anilines is 1. The van der Waals surface area contributed by atoms with Crippen LogP contribution in [0, 0.1) is 5.92 Å². The minimum Gasteiger partial charge on any atom is -0.409 e. The number of oxime groups is 1. The van der Waals surface area contributed by atoms with Gasteiger partial charge >= 0.3 is 0 Å². The highest BCUT2D eigenvalue weighted by Gasteiger charge is 2.48. The summed E-state index contributed by atoms with van der Waals surface area (Å²) in [5.74, 6) is 0.669. The van der Waals surface area contributed by atoms with Gasteiger partial charge in [-0.25, -0.2) is 0 Å². The number of rotatable bonds is 6. The summed E-state index contributed by atoms with van der Waals surface area (Å²) in [6.07, 6.45) is 12.2. The summed E-state index contributed by atoms with van der Waals surface area (Å²) in [5, 5.41) is 18.7. The fraction of sp³-hybridized carbons (Fsp3) is 0.500. The molecule has 6 N–H and O–H groups in total. The Balaban J connectivity index is 1.48. The Morgan fingerprint density at radius 1 is 0.930 bits per heavy atom. The van der Waals surface area contributed by atoms with Crippen LogP contribution in [0.25, 0.3) is 10.8 Å². The molecule has 1 heterocycles. The molecule has 2 fully saturated rings. The molecule has 0 spiro atoms. The molecule has 228 valence electrons. The molecular formula is C36H47N5O2. The zero-order valence-corrected chi connectivity index (χ0v) is 25.4. The first kappa shape index (κ1) is 29.5. The zero-order valence-electron chi connectivity index (χ0n) is 25.4. The topological polar surface area (TPSA) is 117 Å². The largest absolute Gasteiger partial charge is 0.409 e. The lowest BCUT2D eigenvalue weighted by Gasteiger charge is -2.39. The molecule has 3 aromatic carbocycles. The molecule has 3 aliphatic rings. The first-order valence-corrected chi connectivity index (χ1v) is 16.4. The van der Waals surface area contributed by atoms with Gasteiger partial charge in [-0.15, -0.1) is 0 Å². The quantitative estimate of drug-likeness (QED) is 0.112. The van der Waals surface area contributed by atoms with Crippen molar-refractivity contribution in [2.45, 2.75) is 108 Å². The number of carbonyl (C=O) groups is 1. The number of nitrogens with zero attached hydrogens (tertiary/aromatic N) is 2. The molecule has 1 aliphatic heterocycles. The molecule has 3 atom stereocenters. The van der Waals surface area contributed by atoms with Gasteiger partial charge < -0.3 is 26.9 Å². The van der Waals surface area contributed by atoms with Crippen molar-refractivity contribution in [3.8, 4) is 0 Å². The van der Waals surface area contributed by atoms with Gasteiger partial charge in [-0.05, 0) is 79.3 Å². The van der Waals surface area contributed by atoms with Gasteiger partial charge in [0.25, 0.3) is 0 Å². The van der Waals surface area contributed by atoms with Crippen molar-refractivity contribution < 1.29 is 10.0 Å². The van der Waals surface area contributed by atoms with Crippen molar-refractivity contribution >= 4 is 28.2 Å². The Morgan fingerprint density at radius 3 is 2.37 bits per heavy atom. The van der Waals surface area contributed by atoms with Gasteiger partial charge in [0.05, 0.1) is 6.04 Å². The van der Waals surface area contributed by atoms with E-state index in [4.69, 9.17) is 11.5 Å². The number of benzene rings is 3. The molecule has 2 unspecified atom stereocenters. The highest BCUT2D eigenvalue weighted by Crippen LogP contribution is 2.52. The van der Waals surface area contributed by atoms with E-state index < -0.39 is 0 Å². The van der Waals surface area contributed by atoms with E-state index >= 15 is 0 Å². The van der Waals surface area contributed by atoms with E-state index in [1.807, 2.05) is 12.1 Å². The molecule has 2 aliphatic carbocycles. The standard InChI is InChI=1S/C36H47N5O2/c1-23(29-15-9-13-24-10-7-8-14-30(24)29)41-32-22-26(35(38)40-43)16-21-31(32)33(25-11-5-3-2-4-6-12-25)34(41)36(42)39-28-19-17-27(37)18-20-28/h7-10,13-16,21-23,25,27-28,33-34,43H,2-6,11-12,17-20,37H2,1H3,(H2,38,40)(H,39,42)/t23-,27?,28?,33?,34?/m0/s1. The van der Waals surface area contributed by atoms with Gasteiger partial charge in [0, 0.05) is 29.3 Å². The molecular weight excluding hydrogens is 534 g/mol. The van der Waals surface area contributed by atoms with Crippen LogP contribution < -0.4 is 21.7 Å². The summed E-state index contributed by atoms with van der Waals surface area (Å²) in [5.41, 5.74) is 16.4. The van der Waals surface area contributed by atoms with Gasteiger partial charge in [0.1, 0.15) is 6.04 Å². The minimum atomic E-state index is -0.355. The maximum Gasteiger partial charge on any atom is 0.243 e. The van der Waals surface area contributed by atoms with E-state index in [1.54, 1.807) is 0 Å². The third-order valence-electron chi connectivity index (χ3n) is 10.4. The number of amidine groups is 1. The predicted octanol–water partition coefficient (Wildman–Crippen LogP) is 6.71. The highest BCUT2D eigenvalue weighted by atomic mass is 16.4. The molecule has 1 amide bonds. The Bertz CT molecular complexity index is 1450. The third kappa shape index (κ3) is 5.97. The second kappa shape index (κ2) is 13.0. The van der Waals surface area contributed by atoms with Crippen LogP contribution in [0.3, 0.4) is 0 Å². The smallest absolute Gasteiger partial charge is 0.243 e. The summed E-state index contributed by atoms with van der Waals surface area (Å²) < 4.78 is 0. The van der Waals surface area contributed by atoms with Gasteiger partial charge in [-0.3, -0.25) is 4.79 Å². The molecule has 7 heteroatoms. The van der Waals surface area contributed by atoms with Crippen molar-refractivity contribution in [2.75, 3.05) is 4.90 Å². The Labute approximate surface area is 255 Å². The van der Waals surface area contributed by atoms with Crippen LogP contribution >= 0.6 is 0 Å². The van der Waals surface area contributed by atoms with E-state index in [-0.39, 0.29) is 41.8 Å². The SMILES string of the molecule is C[C@@H](c1cccc2ccccc12)N1c2cc(/C(N)=N/O)ccc2C(C2CCCCCCC2)C1C(=O)NC1CCC(N)CC1. The summed E-state index contributed by atoms with van der Waals surface area (Å²) in [4.78, 5) is 17.0. The van der Waals surface area contributed by atoms with Gasteiger partial charge in [0.2, 0.25) is 5.91 Å². The molecule has 0 radical (unpaired) electrons. The van der Waals surface area contributed by atoms with Crippen molar-refractivity contribution in [3.05, 3.63) is 77.4 Å². The maximum absolute atomic E-state index is 14.7. The average Bonchev–Trinajstić information content (AvgIpc) is 3.35. The number of carbonyl (C=O) groups excluding carboxylic acids is 1. The van der Waals surface area contributed by atoms with Crippen molar-refractivity contribution in [1.29, 1.82) is 0 Å². The number of fused-ring (bicyclic) bond motifs is 2. The number of hydrogen-bond donors (Lipinski definition) is 4. The molecule has 43 heavy (non-hydrogen) atoms. The fourth-order valence-corrected chi connectivity index (χ4v) is 8.17. The number of nitrogens with two attached hydrogens (primary N) is 2. The number of hydrogen-bond acceptors (Lipinski definition) is 5. The fourth-order valence-electron chi connectivity index (χ4n) is 8.17. The number of amides is 1. The van der Waals surface area contributed by atoms with E-state index in [1.165, 1.54) is 54.0 Å². The summed E-state index contributed by atoms with van der Waals surface area (Å²) >= 11 is 0. The van der Waals surface area contributed by atoms with Gasteiger partial charge in [-0.1, -0.05) is 91.9 Å². The van der Waals surface area contributed by atoms with Crippen LogP contribution in [-0.2, 0) is 4.79 Å². The summed E-state index contributed by atoms with van der Waals surface area (Å²) in [6, 6.07) is 21.0. The second-order valence-corrected chi connectivity index (χ2v) is 13.1. The molecule has 2 saturated carbocycles. The first-order chi connectivity index (χ1) is 21.0. The lowest BCUT2D eigenvalue weighted by atomic mass is 9.75. The maximum atomic E-state index is 14.7. The lowest BCUT2D eigenvalue weighted by Crippen LogP contribution is -2.52. The number of nitrogens with one attached hydrogen (secondary N) is 1. The van der Waals surface area contributed by atoms with Crippen molar-refractivity contribution in [3.63, 3.8) is 0 Å². The van der Waals surface area contributed by atoms with Crippen LogP contribution in [-0.4, -0.2) is 35.1 Å². The molecule has 7 nitrogen and oxygen atoms in total. The summed E-state index contributed by atoms with van der Waals surface area (Å²) in [7, 11) is 0. The van der Waals surface area contributed by atoms with Crippen LogP contribution in [0.1, 0.15) is 106 Å². The molecule has 0 aromatic heterocycles. The lowest BCUT2D eigenvalue weighted by molar-refractivity contribution is -0.124. The Hall–Kier alpha value is -3.58. The normalized spacial score (nSPS) is 26.0. The van der Waals surface area contributed by atoms with Crippen LogP contribution in [0.15, 0.2) is 65.8 Å².